The van der Waals surface area contributed by atoms with Crippen molar-refractivity contribution in [2.75, 3.05) is 0 Å². The van der Waals surface area contributed by atoms with Crippen LogP contribution < -0.4 is 0 Å². The van der Waals surface area contributed by atoms with Crippen LogP contribution in [0.2, 0.25) is 0 Å². The minimum Gasteiger partial charge on any atom is -0.228 e. The van der Waals surface area contributed by atoms with E-state index in [4.69, 9.17) is 11.6 Å². The van der Waals surface area contributed by atoms with E-state index in [0.29, 0.717) is 11.8 Å². The number of tetrazole rings is 1. The number of rotatable bonds is 4. The Morgan fingerprint density at radius 2 is 2.38 bits per heavy atom. The normalized spacial score (nSPS) is 18.9. The molecule has 0 aliphatic heterocycles. The summed E-state index contributed by atoms with van der Waals surface area (Å²) in [6.07, 6.45) is 2.72. The van der Waals surface area contributed by atoms with Gasteiger partial charge in [0, 0.05) is 6.54 Å². The zero-order valence-corrected chi connectivity index (χ0v) is 8.41. The predicted octanol–water partition coefficient (Wildman–Crippen LogP) is 1.46. The molecular weight excluding hydrogens is 188 g/mol. The lowest BCUT2D eigenvalue weighted by Gasteiger charge is -2.09. The van der Waals surface area contributed by atoms with Gasteiger partial charge in [0.15, 0.2) is 5.82 Å². The lowest BCUT2D eigenvalue weighted by Crippen LogP contribution is -2.13. The molecule has 1 heterocycles. The van der Waals surface area contributed by atoms with E-state index in [2.05, 4.69) is 22.4 Å². The van der Waals surface area contributed by atoms with Crippen LogP contribution in [0.4, 0.5) is 0 Å². The first kappa shape index (κ1) is 8.94. The highest BCUT2D eigenvalue weighted by Crippen LogP contribution is 2.37. The molecule has 1 atom stereocenters. The lowest BCUT2D eigenvalue weighted by molar-refractivity contribution is 0.394. The van der Waals surface area contributed by atoms with Crippen molar-refractivity contribution < 1.29 is 0 Å². The van der Waals surface area contributed by atoms with Gasteiger partial charge in [-0.3, -0.25) is 0 Å². The van der Waals surface area contributed by atoms with Crippen LogP contribution in [0, 0.1) is 11.8 Å². The van der Waals surface area contributed by atoms with Crippen molar-refractivity contribution >= 4 is 11.6 Å². The third-order valence-electron chi connectivity index (χ3n) is 2.61. The van der Waals surface area contributed by atoms with Gasteiger partial charge >= 0.3 is 0 Å². The van der Waals surface area contributed by atoms with E-state index in [9.17, 15) is 0 Å². The van der Waals surface area contributed by atoms with Crippen molar-refractivity contribution in [1.29, 1.82) is 0 Å². The molecule has 0 aromatic carbocycles. The first-order chi connectivity index (χ1) is 6.31. The molecule has 1 unspecified atom stereocenters. The van der Waals surface area contributed by atoms with E-state index in [-0.39, 0.29) is 0 Å². The number of alkyl halides is 1. The van der Waals surface area contributed by atoms with Gasteiger partial charge in [0.1, 0.15) is 0 Å². The average molecular weight is 201 g/mol. The molecule has 0 saturated heterocycles. The molecule has 0 radical (unpaired) electrons. The molecule has 1 aromatic heterocycles. The highest BCUT2D eigenvalue weighted by molar-refractivity contribution is 6.16. The van der Waals surface area contributed by atoms with Crippen LogP contribution in [0.1, 0.15) is 25.6 Å². The van der Waals surface area contributed by atoms with Crippen molar-refractivity contribution in [3.63, 3.8) is 0 Å². The molecule has 1 saturated carbocycles. The second-order valence-electron chi connectivity index (χ2n) is 3.73. The molecule has 72 valence electrons. The maximum absolute atomic E-state index is 5.69. The summed E-state index contributed by atoms with van der Waals surface area (Å²) < 4.78 is 1.82. The first-order valence-corrected chi connectivity index (χ1v) is 5.15. The lowest BCUT2D eigenvalue weighted by atomic mass is 10.1. The first-order valence-electron chi connectivity index (χ1n) is 4.62. The van der Waals surface area contributed by atoms with Gasteiger partial charge in [0.2, 0.25) is 0 Å². The SMILES string of the molecule is CC(Cn1nnnc1CCl)C1CC1. The zero-order chi connectivity index (χ0) is 9.26. The fourth-order valence-corrected chi connectivity index (χ4v) is 1.74. The number of aromatic nitrogens is 4. The van der Waals surface area contributed by atoms with E-state index in [0.717, 1.165) is 18.3 Å². The number of nitrogens with zero attached hydrogens (tertiary/aromatic N) is 4. The van der Waals surface area contributed by atoms with Gasteiger partial charge < -0.3 is 0 Å². The quantitative estimate of drug-likeness (QED) is 0.692. The molecule has 0 bridgehead atoms. The minimum absolute atomic E-state index is 0.393. The van der Waals surface area contributed by atoms with Crippen LogP contribution in [0.15, 0.2) is 0 Å². The predicted molar refractivity (Wildman–Crippen MR) is 49.3 cm³/mol. The Balaban J connectivity index is 1.99. The van der Waals surface area contributed by atoms with Crippen LogP contribution in [0.5, 0.6) is 0 Å². The largest absolute Gasteiger partial charge is 0.228 e. The van der Waals surface area contributed by atoms with E-state index in [1.807, 2.05) is 4.68 Å². The highest BCUT2D eigenvalue weighted by atomic mass is 35.5. The van der Waals surface area contributed by atoms with Gasteiger partial charge in [0.05, 0.1) is 5.88 Å². The fourth-order valence-electron chi connectivity index (χ4n) is 1.55. The van der Waals surface area contributed by atoms with Gasteiger partial charge in [-0.15, -0.1) is 16.7 Å². The number of hydrogen-bond acceptors (Lipinski definition) is 3. The Bertz CT molecular complexity index is 281. The monoisotopic (exact) mass is 200 g/mol. The van der Waals surface area contributed by atoms with Crippen molar-refractivity contribution in [2.45, 2.75) is 32.2 Å². The van der Waals surface area contributed by atoms with Crippen molar-refractivity contribution in [3.05, 3.63) is 5.82 Å². The van der Waals surface area contributed by atoms with E-state index < -0.39 is 0 Å². The van der Waals surface area contributed by atoms with E-state index in [1.54, 1.807) is 0 Å². The molecule has 1 fully saturated rings. The summed E-state index contributed by atoms with van der Waals surface area (Å²) in [7, 11) is 0. The Kier molecular flexibility index (Phi) is 2.49. The molecule has 1 aromatic rings. The van der Waals surface area contributed by atoms with E-state index in [1.165, 1.54) is 12.8 Å². The molecular formula is C8H13ClN4. The van der Waals surface area contributed by atoms with Crippen molar-refractivity contribution in [2.24, 2.45) is 11.8 Å². The second kappa shape index (κ2) is 3.62. The Morgan fingerprint density at radius 1 is 1.62 bits per heavy atom. The highest BCUT2D eigenvalue weighted by Gasteiger charge is 2.28. The molecule has 0 spiro atoms. The minimum atomic E-state index is 0.393. The third-order valence-corrected chi connectivity index (χ3v) is 2.85. The molecule has 13 heavy (non-hydrogen) atoms. The Labute approximate surface area is 82.3 Å². The topological polar surface area (TPSA) is 43.6 Å². The van der Waals surface area contributed by atoms with Gasteiger partial charge in [-0.05, 0) is 35.1 Å². The van der Waals surface area contributed by atoms with Gasteiger partial charge in [-0.1, -0.05) is 6.92 Å². The summed E-state index contributed by atoms with van der Waals surface area (Å²) in [4.78, 5) is 0. The van der Waals surface area contributed by atoms with Crippen molar-refractivity contribution in [3.8, 4) is 0 Å². The molecule has 0 N–H and O–H groups in total. The smallest absolute Gasteiger partial charge is 0.166 e. The summed E-state index contributed by atoms with van der Waals surface area (Å²) in [5, 5.41) is 11.3. The summed E-state index contributed by atoms with van der Waals surface area (Å²) in [6, 6.07) is 0. The molecule has 1 aliphatic carbocycles. The van der Waals surface area contributed by atoms with Crippen LogP contribution in [0.25, 0.3) is 0 Å². The molecule has 4 nitrogen and oxygen atoms in total. The molecule has 1 aliphatic rings. The van der Waals surface area contributed by atoms with Crippen LogP contribution in [-0.2, 0) is 12.4 Å². The number of hydrogen-bond donors (Lipinski definition) is 0. The number of halogens is 1. The Hall–Kier alpha value is -0.640. The summed E-state index contributed by atoms with van der Waals surface area (Å²) in [6.45, 7) is 3.15. The second-order valence-corrected chi connectivity index (χ2v) is 3.99. The molecule has 2 rings (SSSR count). The van der Waals surface area contributed by atoms with Gasteiger partial charge in [0.25, 0.3) is 0 Å². The fraction of sp³-hybridized carbons (Fsp3) is 0.875. The van der Waals surface area contributed by atoms with Gasteiger partial charge in [-0.2, -0.15) is 0 Å². The summed E-state index contributed by atoms with van der Waals surface area (Å²) >= 11 is 5.69. The van der Waals surface area contributed by atoms with Crippen LogP contribution >= 0.6 is 11.6 Å². The van der Waals surface area contributed by atoms with Crippen LogP contribution in [0.3, 0.4) is 0 Å². The molecule has 5 heteroatoms. The molecule has 0 amide bonds. The Morgan fingerprint density at radius 3 is 3.00 bits per heavy atom. The average Bonchev–Trinajstić information content (AvgIpc) is 2.88. The third kappa shape index (κ3) is 1.99. The summed E-state index contributed by atoms with van der Waals surface area (Å²) in [5.74, 6) is 2.72. The maximum atomic E-state index is 5.69. The van der Waals surface area contributed by atoms with Crippen LogP contribution in [-0.4, -0.2) is 20.2 Å². The van der Waals surface area contributed by atoms with Crippen molar-refractivity contribution in [1.82, 2.24) is 20.2 Å². The maximum Gasteiger partial charge on any atom is 0.166 e. The van der Waals surface area contributed by atoms with E-state index >= 15 is 0 Å². The summed E-state index contributed by atoms with van der Waals surface area (Å²) in [5.41, 5.74) is 0. The zero-order valence-electron chi connectivity index (χ0n) is 7.65. The standard InChI is InChI=1S/C8H13ClN4/c1-6(7-2-3-7)5-13-8(4-9)10-11-12-13/h6-7H,2-5H2,1H3. The van der Waals surface area contributed by atoms with Gasteiger partial charge in [-0.25, -0.2) is 4.68 Å².